The van der Waals surface area contributed by atoms with Gasteiger partial charge < -0.3 is 10.1 Å². The monoisotopic (exact) mass is 348 g/mol. The molecule has 1 heterocycles. The summed E-state index contributed by atoms with van der Waals surface area (Å²) in [5.74, 6) is -0.811. The number of esters is 1. The Bertz CT molecular complexity index is 656. The minimum absolute atomic E-state index is 0.276. The van der Waals surface area contributed by atoms with Crippen LogP contribution in [-0.4, -0.2) is 23.5 Å². The molecule has 5 nitrogen and oxygen atoms in total. The van der Waals surface area contributed by atoms with E-state index < -0.39 is 5.97 Å². The number of hydrogen-bond acceptors (Lipinski definition) is 4. The van der Waals surface area contributed by atoms with Gasteiger partial charge in [-0.25, -0.2) is 9.78 Å². The molecule has 0 aliphatic carbocycles. The summed E-state index contributed by atoms with van der Waals surface area (Å²) in [5, 5.41) is 2.69. The molecular formula is C15H13BrN2O3. The Kier molecular flexibility index (Phi) is 5.05. The van der Waals surface area contributed by atoms with Gasteiger partial charge in [0.1, 0.15) is 4.60 Å². The van der Waals surface area contributed by atoms with E-state index in [-0.39, 0.29) is 12.5 Å². The summed E-state index contributed by atoms with van der Waals surface area (Å²) in [6.07, 6.45) is 1.45. The van der Waals surface area contributed by atoms with Crippen molar-refractivity contribution in [1.82, 2.24) is 4.98 Å². The van der Waals surface area contributed by atoms with Crippen molar-refractivity contribution in [2.45, 2.75) is 6.92 Å². The van der Waals surface area contributed by atoms with Gasteiger partial charge in [0, 0.05) is 6.20 Å². The van der Waals surface area contributed by atoms with Gasteiger partial charge in [0.25, 0.3) is 5.91 Å². The molecule has 2 rings (SSSR count). The zero-order valence-electron chi connectivity index (χ0n) is 11.3. The molecule has 108 valence electrons. The molecule has 0 spiro atoms. The minimum atomic E-state index is -0.470. The molecule has 0 saturated heterocycles. The lowest BCUT2D eigenvalue weighted by molar-refractivity contribution is 0.0527. The summed E-state index contributed by atoms with van der Waals surface area (Å²) < 4.78 is 5.61. The minimum Gasteiger partial charge on any atom is -0.462 e. The van der Waals surface area contributed by atoms with Crippen molar-refractivity contribution in [3.8, 4) is 0 Å². The van der Waals surface area contributed by atoms with Crippen molar-refractivity contribution in [1.29, 1.82) is 0 Å². The molecule has 0 aliphatic heterocycles. The molecule has 0 saturated carbocycles. The number of halogens is 1. The molecule has 1 N–H and O–H groups in total. The third-order valence-electron chi connectivity index (χ3n) is 2.66. The SMILES string of the molecule is CCOC(=O)c1ccccc1NC(=O)c1ccc(Br)nc1. The number of amides is 1. The summed E-state index contributed by atoms with van der Waals surface area (Å²) in [6.45, 7) is 2.00. The second kappa shape index (κ2) is 6.99. The number of aromatic nitrogens is 1. The maximum atomic E-state index is 12.1. The molecule has 0 radical (unpaired) electrons. The van der Waals surface area contributed by atoms with Crippen molar-refractivity contribution in [2.75, 3.05) is 11.9 Å². The molecule has 1 aromatic heterocycles. The average molecular weight is 349 g/mol. The number of rotatable bonds is 4. The van der Waals surface area contributed by atoms with Crippen LogP contribution in [0.15, 0.2) is 47.2 Å². The summed E-state index contributed by atoms with van der Waals surface area (Å²) in [6, 6.07) is 10.0. The quantitative estimate of drug-likeness (QED) is 0.680. The van der Waals surface area contributed by atoms with Crippen LogP contribution in [0, 0.1) is 0 Å². The van der Waals surface area contributed by atoms with Crippen LogP contribution < -0.4 is 5.32 Å². The first kappa shape index (κ1) is 15.2. The number of benzene rings is 1. The topological polar surface area (TPSA) is 68.3 Å². The Morgan fingerprint density at radius 3 is 2.67 bits per heavy atom. The molecule has 6 heteroatoms. The summed E-state index contributed by atoms with van der Waals surface area (Å²) >= 11 is 3.21. The third-order valence-corrected chi connectivity index (χ3v) is 3.13. The second-order valence-electron chi connectivity index (χ2n) is 4.09. The number of ether oxygens (including phenoxy) is 1. The van der Waals surface area contributed by atoms with E-state index in [4.69, 9.17) is 4.74 Å². The first-order valence-corrected chi connectivity index (χ1v) is 7.10. The zero-order chi connectivity index (χ0) is 15.2. The van der Waals surface area contributed by atoms with Gasteiger partial charge in [0.2, 0.25) is 0 Å². The molecule has 2 aromatic rings. The molecule has 21 heavy (non-hydrogen) atoms. The zero-order valence-corrected chi connectivity index (χ0v) is 12.9. The number of nitrogens with zero attached hydrogens (tertiary/aromatic N) is 1. The number of carbonyl (C=O) groups excluding carboxylic acids is 2. The lowest BCUT2D eigenvalue weighted by Crippen LogP contribution is -2.16. The highest BCUT2D eigenvalue weighted by Crippen LogP contribution is 2.17. The van der Waals surface area contributed by atoms with Gasteiger partial charge in [-0.05, 0) is 47.1 Å². The Hall–Kier alpha value is -2.21. The second-order valence-corrected chi connectivity index (χ2v) is 4.90. The smallest absolute Gasteiger partial charge is 0.340 e. The predicted molar refractivity (Wildman–Crippen MR) is 82.3 cm³/mol. The van der Waals surface area contributed by atoms with E-state index in [1.54, 1.807) is 43.3 Å². The number of nitrogens with one attached hydrogen (secondary N) is 1. The maximum absolute atomic E-state index is 12.1. The van der Waals surface area contributed by atoms with Crippen molar-refractivity contribution in [3.05, 3.63) is 58.3 Å². The van der Waals surface area contributed by atoms with Crippen molar-refractivity contribution < 1.29 is 14.3 Å². The van der Waals surface area contributed by atoms with Gasteiger partial charge >= 0.3 is 5.97 Å². The highest BCUT2D eigenvalue weighted by atomic mass is 79.9. The molecule has 0 unspecified atom stereocenters. The van der Waals surface area contributed by atoms with Gasteiger partial charge in [-0.1, -0.05) is 12.1 Å². The van der Waals surface area contributed by atoms with Gasteiger partial charge in [0.15, 0.2) is 0 Å². The third kappa shape index (κ3) is 3.88. The maximum Gasteiger partial charge on any atom is 0.340 e. The first-order chi connectivity index (χ1) is 10.1. The van der Waals surface area contributed by atoms with E-state index in [2.05, 4.69) is 26.2 Å². The highest BCUT2D eigenvalue weighted by molar-refractivity contribution is 9.10. The molecule has 1 aromatic carbocycles. The molecule has 0 fully saturated rings. The largest absolute Gasteiger partial charge is 0.462 e. The number of hydrogen-bond donors (Lipinski definition) is 1. The molecule has 0 aliphatic rings. The lowest BCUT2D eigenvalue weighted by atomic mass is 10.1. The Morgan fingerprint density at radius 2 is 2.00 bits per heavy atom. The number of para-hydroxylation sites is 1. The van der Waals surface area contributed by atoms with Crippen LogP contribution in [0.25, 0.3) is 0 Å². The Labute approximate surface area is 130 Å². The van der Waals surface area contributed by atoms with Gasteiger partial charge in [-0.2, -0.15) is 0 Å². The number of pyridine rings is 1. The van der Waals surface area contributed by atoms with Crippen LogP contribution >= 0.6 is 15.9 Å². The summed E-state index contributed by atoms with van der Waals surface area (Å²) in [4.78, 5) is 28.0. The first-order valence-electron chi connectivity index (χ1n) is 6.31. The summed E-state index contributed by atoms with van der Waals surface area (Å²) in [5.41, 5.74) is 1.12. The van der Waals surface area contributed by atoms with E-state index in [9.17, 15) is 9.59 Å². The van der Waals surface area contributed by atoms with Crippen molar-refractivity contribution in [2.24, 2.45) is 0 Å². The summed E-state index contributed by atoms with van der Waals surface area (Å²) in [7, 11) is 0. The fourth-order valence-electron chi connectivity index (χ4n) is 1.68. The van der Waals surface area contributed by atoms with Crippen LogP contribution in [0.2, 0.25) is 0 Å². The van der Waals surface area contributed by atoms with E-state index in [1.165, 1.54) is 6.20 Å². The number of carbonyl (C=O) groups is 2. The van der Waals surface area contributed by atoms with E-state index in [1.807, 2.05) is 0 Å². The van der Waals surface area contributed by atoms with Crippen LogP contribution in [0.3, 0.4) is 0 Å². The van der Waals surface area contributed by atoms with Crippen molar-refractivity contribution >= 4 is 33.5 Å². The van der Waals surface area contributed by atoms with Gasteiger partial charge in [-0.15, -0.1) is 0 Å². The Balaban J connectivity index is 2.21. The van der Waals surface area contributed by atoms with Crippen molar-refractivity contribution in [3.63, 3.8) is 0 Å². The van der Waals surface area contributed by atoms with Crippen LogP contribution in [0.4, 0.5) is 5.69 Å². The standard InChI is InChI=1S/C15H13BrN2O3/c1-2-21-15(20)11-5-3-4-6-12(11)18-14(19)10-7-8-13(16)17-9-10/h3-9H,2H2,1H3,(H,18,19). The predicted octanol–water partition coefficient (Wildman–Crippen LogP) is 3.27. The number of anilines is 1. The average Bonchev–Trinajstić information content (AvgIpc) is 2.48. The van der Waals surface area contributed by atoms with Gasteiger partial charge in [-0.3, -0.25) is 4.79 Å². The fraction of sp³-hybridized carbons (Fsp3) is 0.133. The van der Waals surface area contributed by atoms with Crippen LogP contribution in [-0.2, 0) is 4.74 Å². The molecule has 1 amide bonds. The fourth-order valence-corrected chi connectivity index (χ4v) is 1.92. The Morgan fingerprint density at radius 1 is 1.24 bits per heavy atom. The van der Waals surface area contributed by atoms with Gasteiger partial charge in [0.05, 0.1) is 23.4 Å². The lowest BCUT2D eigenvalue weighted by Gasteiger charge is -2.10. The van der Waals surface area contributed by atoms with Crippen LogP contribution in [0.1, 0.15) is 27.6 Å². The van der Waals surface area contributed by atoms with E-state index in [0.717, 1.165) is 0 Å². The molecular weight excluding hydrogens is 336 g/mol. The molecule has 0 atom stereocenters. The normalized spacial score (nSPS) is 10.0. The molecule has 0 bridgehead atoms. The van der Waals surface area contributed by atoms with E-state index in [0.29, 0.717) is 21.4 Å². The highest BCUT2D eigenvalue weighted by Gasteiger charge is 2.14. The van der Waals surface area contributed by atoms with E-state index >= 15 is 0 Å². The van der Waals surface area contributed by atoms with Crippen LogP contribution in [0.5, 0.6) is 0 Å².